The molecule has 1 heterocycles. The zero-order valence-corrected chi connectivity index (χ0v) is 12.5. The van der Waals surface area contributed by atoms with E-state index >= 15 is 0 Å². The second-order valence-corrected chi connectivity index (χ2v) is 5.25. The Balaban J connectivity index is 2.40. The molecule has 0 fully saturated rings. The Bertz CT molecular complexity index is 551. The molecule has 3 nitrogen and oxygen atoms in total. The SMILES string of the molecule is CNC(c1ccc(OC)c(C)c1)c1sccc1OC. The minimum Gasteiger partial charge on any atom is -0.496 e. The molecule has 0 saturated carbocycles. The van der Waals surface area contributed by atoms with E-state index in [1.807, 2.05) is 19.2 Å². The molecule has 0 amide bonds. The highest BCUT2D eigenvalue weighted by Crippen LogP contribution is 2.35. The number of thiophene rings is 1. The zero-order valence-electron chi connectivity index (χ0n) is 11.7. The third-order valence-corrected chi connectivity index (χ3v) is 4.14. The van der Waals surface area contributed by atoms with Gasteiger partial charge in [0.1, 0.15) is 11.5 Å². The third-order valence-electron chi connectivity index (χ3n) is 3.18. The first-order valence-corrected chi connectivity index (χ1v) is 7.02. The van der Waals surface area contributed by atoms with Gasteiger partial charge < -0.3 is 14.8 Å². The quantitative estimate of drug-likeness (QED) is 0.909. The first-order valence-electron chi connectivity index (χ1n) is 6.14. The number of hydrogen-bond donors (Lipinski definition) is 1. The van der Waals surface area contributed by atoms with E-state index < -0.39 is 0 Å². The highest BCUT2D eigenvalue weighted by molar-refractivity contribution is 7.10. The molecule has 102 valence electrons. The van der Waals surface area contributed by atoms with Crippen LogP contribution in [0, 0.1) is 6.92 Å². The normalized spacial score (nSPS) is 12.2. The molecule has 0 radical (unpaired) electrons. The van der Waals surface area contributed by atoms with Crippen molar-refractivity contribution in [3.8, 4) is 11.5 Å². The first kappa shape index (κ1) is 13.9. The molecule has 4 heteroatoms. The van der Waals surface area contributed by atoms with E-state index in [1.165, 1.54) is 10.4 Å². The summed E-state index contributed by atoms with van der Waals surface area (Å²) < 4.78 is 10.7. The van der Waals surface area contributed by atoms with Crippen LogP contribution in [0.25, 0.3) is 0 Å². The summed E-state index contributed by atoms with van der Waals surface area (Å²) in [4.78, 5) is 1.19. The molecule has 1 N–H and O–H groups in total. The van der Waals surface area contributed by atoms with Gasteiger partial charge in [0.2, 0.25) is 0 Å². The van der Waals surface area contributed by atoms with Crippen LogP contribution in [0.2, 0.25) is 0 Å². The van der Waals surface area contributed by atoms with Crippen molar-refractivity contribution in [2.75, 3.05) is 21.3 Å². The molecule has 0 aliphatic carbocycles. The Morgan fingerprint density at radius 2 is 1.84 bits per heavy atom. The number of aryl methyl sites for hydroxylation is 1. The average molecular weight is 277 g/mol. The number of methoxy groups -OCH3 is 2. The lowest BCUT2D eigenvalue weighted by Gasteiger charge is -2.18. The predicted octanol–water partition coefficient (Wildman–Crippen LogP) is 3.38. The number of hydrogen-bond acceptors (Lipinski definition) is 4. The van der Waals surface area contributed by atoms with E-state index in [1.54, 1.807) is 25.6 Å². The Morgan fingerprint density at radius 1 is 1.11 bits per heavy atom. The summed E-state index contributed by atoms with van der Waals surface area (Å²) in [6.45, 7) is 2.06. The largest absolute Gasteiger partial charge is 0.496 e. The molecule has 19 heavy (non-hydrogen) atoms. The molecule has 2 rings (SSSR count). The van der Waals surface area contributed by atoms with Gasteiger partial charge in [0.05, 0.1) is 25.1 Å². The van der Waals surface area contributed by atoms with E-state index in [0.717, 1.165) is 17.1 Å². The topological polar surface area (TPSA) is 30.5 Å². The van der Waals surface area contributed by atoms with Crippen molar-refractivity contribution in [1.29, 1.82) is 0 Å². The first-order chi connectivity index (χ1) is 9.21. The van der Waals surface area contributed by atoms with Crippen molar-refractivity contribution in [3.05, 3.63) is 45.6 Å². The van der Waals surface area contributed by atoms with Gasteiger partial charge in [0.15, 0.2) is 0 Å². The number of benzene rings is 1. The van der Waals surface area contributed by atoms with Crippen molar-refractivity contribution in [1.82, 2.24) is 5.32 Å². The lowest BCUT2D eigenvalue weighted by Crippen LogP contribution is -2.17. The Hall–Kier alpha value is -1.52. The van der Waals surface area contributed by atoms with Crippen LogP contribution in [0.4, 0.5) is 0 Å². The van der Waals surface area contributed by atoms with Crippen LogP contribution in [-0.2, 0) is 0 Å². The Morgan fingerprint density at radius 3 is 2.42 bits per heavy atom. The zero-order chi connectivity index (χ0) is 13.8. The van der Waals surface area contributed by atoms with Gasteiger partial charge >= 0.3 is 0 Å². The number of ether oxygens (including phenoxy) is 2. The van der Waals surface area contributed by atoms with Crippen LogP contribution < -0.4 is 14.8 Å². The molecule has 1 atom stereocenters. The second kappa shape index (κ2) is 6.08. The summed E-state index contributed by atoms with van der Waals surface area (Å²) in [5.74, 6) is 1.84. The summed E-state index contributed by atoms with van der Waals surface area (Å²) in [6.07, 6.45) is 0. The summed E-state index contributed by atoms with van der Waals surface area (Å²) in [6, 6.07) is 8.39. The van der Waals surface area contributed by atoms with E-state index in [2.05, 4.69) is 29.8 Å². The molecule has 1 aromatic carbocycles. The average Bonchev–Trinajstić information content (AvgIpc) is 2.88. The summed E-state index contributed by atoms with van der Waals surface area (Å²) >= 11 is 1.70. The van der Waals surface area contributed by atoms with Crippen molar-refractivity contribution >= 4 is 11.3 Å². The molecule has 0 bridgehead atoms. The van der Waals surface area contributed by atoms with Gasteiger partial charge in [-0.2, -0.15) is 0 Å². The van der Waals surface area contributed by atoms with Crippen molar-refractivity contribution in [3.63, 3.8) is 0 Å². The van der Waals surface area contributed by atoms with E-state index in [9.17, 15) is 0 Å². The van der Waals surface area contributed by atoms with Gasteiger partial charge in [-0.1, -0.05) is 12.1 Å². The third kappa shape index (κ3) is 2.74. The lowest BCUT2D eigenvalue weighted by atomic mass is 10.0. The van der Waals surface area contributed by atoms with Gasteiger partial charge in [0.25, 0.3) is 0 Å². The van der Waals surface area contributed by atoms with Gasteiger partial charge in [-0.05, 0) is 42.6 Å². The number of rotatable bonds is 5. The van der Waals surface area contributed by atoms with Crippen LogP contribution in [-0.4, -0.2) is 21.3 Å². The minimum absolute atomic E-state index is 0.138. The number of nitrogens with one attached hydrogen (secondary N) is 1. The molecule has 0 aliphatic rings. The fourth-order valence-electron chi connectivity index (χ4n) is 2.22. The molecular weight excluding hydrogens is 258 g/mol. The molecular formula is C15H19NO2S. The minimum atomic E-state index is 0.138. The maximum absolute atomic E-state index is 5.41. The van der Waals surface area contributed by atoms with E-state index in [4.69, 9.17) is 9.47 Å². The van der Waals surface area contributed by atoms with Crippen LogP contribution in [0.1, 0.15) is 22.0 Å². The second-order valence-electron chi connectivity index (χ2n) is 4.30. The molecule has 1 unspecified atom stereocenters. The fourth-order valence-corrected chi connectivity index (χ4v) is 3.21. The Kier molecular flexibility index (Phi) is 4.45. The van der Waals surface area contributed by atoms with E-state index in [-0.39, 0.29) is 6.04 Å². The van der Waals surface area contributed by atoms with Crippen LogP contribution in [0.15, 0.2) is 29.6 Å². The monoisotopic (exact) mass is 277 g/mol. The predicted molar refractivity (Wildman–Crippen MR) is 79.5 cm³/mol. The molecule has 0 spiro atoms. The molecule has 0 aliphatic heterocycles. The van der Waals surface area contributed by atoms with Crippen molar-refractivity contribution in [2.45, 2.75) is 13.0 Å². The highest BCUT2D eigenvalue weighted by atomic mass is 32.1. The molecule has 2 aromatic rings. The van der Waals surface area contributed by atoms with Crippen molar-refractivity contribution < 1.29 is 9.47 Å². The van der Waals surface area contributed by atoms with Gasteiger partial charge in [-0.25, -0.2) is 0 Å². The standard InChI is InChI=1S/C15H19NO2S/c1-10-9-11(5-6-12(10)17-3)14(16-2)15-13(18-4)7-8-19-15/h5-9,14,16H,1-4H3. The summed E-state index contributed by atoms with van der Waals surface area (Å²) in [7, 11) is 5.36. The van der Waals surface area contributed by atoms with Crippen molar-refractivity contribution in [2.24, 2.45) is 0 Å². The summed E-state index contributed by atoms with van der Waals surface area (Å²) in [5.41, 5.74) is 2.34. The van der Waals surface area contributed by atoms with Crippen LogP contribution >= 0.6 is 11.3 Å². The van der Waals surface area contributed by atoms with Gasteiger partial charge in [-0.3, -0.25) is 0 Å². The van der Waals surface area contributed by atoms with Crippen LogP contribution in [0.5, 0.6) is 11.5 Å². The molecule has 0 saturated heterocycles. The fraction of sp³-hybridized carbons (Fsp3) is 0.333. The Labute approximate surface area is 118 Å². The highest BCUT2D eigenvalue weighted by Gasteiger charge is 2.18. The summed E-state index contributed by atoms with van der Waals surface area (Å²) in [5, 5.41) is 5.40. The lowest BCUT2D eigenvalue weighted by molar-refractivity contribution is 0.408. The van der Waals surface area contributed by atoms with Crippen LogP contribution in [0.3, 0.4) is 0 Å². The van der Waals surface area contributed by atoms with Gasteiger partial charge in [0, 0.05) is 0 Å². The van der Waals surface area contributed by atoms with Gasteiger partial charge in [-0.15, -0.1) is 11.3 Å². The smallest absolute Gasteiger partial charge is 0.134 e. The maximum Gasteiger partial charge on any atom is 0.134 e. The van der Waals surface area contributed by atoms with E-state index in [0.29, 0.717) is 0 Å². The molecule has 1 aromatic heterocycles. The maximum atomic E-state index is 5.41.